The van der Waals surface area contributed by atoms with Gasteiger partial charge in [0.2, 0.25) is 0 Å². The molecule has 0 amide bonds. The van der Waals surface area contributed by atoms with Crippen molar-refractivity contribution in [1.29, 1.82) is 0 Å². The highest BCUT2D eigenvalue weighted by molar-refractivity contribution is 6.30. The minimum Gasteiger partial charge on any atom is -0.355 e. The molecule has 4 heterocycles. The number of aryl methyl sites for hydroxylation is 1. The van der Waals surface area contributed by atoms with Crippen LogP contribution in [0.4, 0.5) is 10.2 Å². The molecule has 1 aliphatic carbocycles. The summed E-state index contributed by atoms with van der Waals surface area (Å²) in [7, 11) is 2.10. The van der Waals surface area contributed by atoms with E-state index in [2.05, 4.69) is 48.7 Å². The van der Waals surface area contributed by atoms with Crippen molar-refractivity contribution in [3.8, 4) is 5.69 Å². The Morgan fingerprint density at radius 1 is 1.13 bits per heavy atom. The molecule has 8 heteroatoms. The summed E-state index contributed by atoms with van der Waals surface area (Å²) in [5.74, 6) is 3.08. The van der Waals surface area contributed by atoms with E-state index >= 15 is 0 Å². The largest absolute Gasteiger partial charge is 0.355 e. The first-order valence-electron chi connectivity index (χ1n) is 10.7. The molecule has 2 fully saturated rings. The standard InChI is InChI=1S/C23H24ClFN6/c1-14-5-20(26-9-18(14)25)30-12-23(13-30)7-16(8-23)22-28-27-21-11-29(2)10-15-6-17(24)3-4-19(15)31(21)22/h3-6,9,16H,7-8,10-13H2,1-2H3. The molecule has 0 radical (unpaired) electrons. The van der Waals surface area contributed by atoms with Gasteiger partial charge >= 0.3 is 0 Å². The van der Waals surface area contributed by atoms with Crippen molar-refractivity contribution in [1.82, 2.24) is 24.6 Å². The summed E-state index contributed by atoms with van der Waals surface area (Å²) in [6.07, 6.45) is 3.52. The molecule has 0 atom stereocenters. The highest BCUT2D eigenvalue weighted by atomic mass is 35.5. The lowest BCUT2D eigenvalue weighted by atomic mass is 9.57. The molecular formula is C23H24ClFN6. The molecule has 6 rings (SSSR count). The number of nitrogens with zero attached hydrogens (tertiary/aromatic N) is 6. The zero-order valence-corrected chi connectivity index (χ0v) is 18.4. The number of pyridine rings is 1. The van der Waals surface area contributed by atoms with Crippen LogP contribution in [0.25, 0.3) is 5.69 Å². The van der Waals surface area contributed by atoms with Crippen LogP contribution in [-0.4, -0.2) is 44.8 Å². The van der Waals surface area contributed by atoms with Crippen LogP contribution in [0, 0.1) is 18.2 Å². The van der Waals surface area contributed by atoms with Gasteiger partial charge in [0, 0.05) is 36.0 Å². The van der Waals surface area contributed by atoms with E-state index in [1.807, 2.05) is 12.1 Å². The van der Waals surface area contributed by atoms with Crippen LogP contribution in [0.15, 0.2) is 30.5 Å². The first-order valence-corrected chi connectivity index (χ1v) is 11.1. The second-order valence-corrected chi connectivity index (χ2v) is 9.94. The van der Waals surface area contributed by atoms with E-state index in [1.165, 1.54) is 11.8 Å². The number of hydrogen-bond donors (Lipinski definition) is 0. The van der Waals surface area contributed by atoms with Gasteiger partial charge in [-0.15, -0.1) is 10.2 Å². The van der Waals surface area contributed by atoms with Gasteiger partial charge in [-0.25, -0.2) is 9.37 Å². The normalized spacial score (nSPS) is 20.1. The molecule has 2 aromatic heterocycles. The predicted octanol–water partition coefficient (Wildman–Crippen LogP) is 4.09. The zero-order valence-electron chi connectivity index (χ0n) is 17.6. The highest BCUT2D eigenvalue weighted by Crippen LogP contribution is 2.56. The minimum absolute atomic E-state index is 0.248. The molecule has 1 saturated carbocycles. The molecule has 1 saturated heterocycles. The lowest BCUT2D eigenvalue weighted by Gasteiger charge is -2.59. The minimum atomic E-state index is -0.248. The molecule has 0 N–H and O–H groups in total. The Bertz CT molecular complexity index is 1180. The van der Waals surface area contributed by atoms with Gasteiger partial charge < -0.3 is 4.90 Å². The average Bonchev–Trinajstić information content (AvgIpc) is 2.99. The molecule has 1 spiro atoms. The van der Waals surface area contributed by atoms with Crippen LogP contribution >= 0.6 is 11.6 Å². The summed E-state index contributed by atoms with van der Waals surface area (Å²) in [5.41, 5.74) is 3.31. The van der Waals surface area contributed by atoms with Crippen molar-refractivity contribution < 1.29 is 4.39 Å². The molecule has 2 aliphatic heterocycles. The maximum Gasteiger partial charge on any atom is 0.151 e. The third kappa shape index (κ3) is 3.05. The Kier molecular flexibility index (Phi) is 4.17. The predicted molar refractivity (Wildman–Crippen MR) is 117 cm³/mol. The quantitative estimate of drug-likeness (QED) is 0.603. The Morgan fingerprint density at radius 2 is 1.94 bits per heavy atom. The number of anilines is 1. The number of fused-ring (bicyclic) bond motifs is 3. The average molecular weight is 439 g/mol. The molecule has 3 aliphatic rings. The van der Waals surface area contributed by atoms with Crippen LogP contribution in [-0.2, 0) is 13.1 Å². The summed E-state index contributed by atoms with van der Waals surface area (Å²) < 4.78 is 15.8. The Hall–Kier alpha value is -2.51. The molecule has 3 aromatic rings. The van der Waals surface area contributed by atoms with E-state index in [0.717, 1.165) is 67.2 Å². The smallest absolute Gasteiger partial charge is 0.151 e. The van der Waals surface area contributed by atoms with Crippen LogP contribution < -0.4 is 4.90 Å². The lowest BCUT2D eigenvalue weighted by molar-refractivity contribution is 0.0581. The summed E-state index contributed by atoms with van der Waals surface area (Å²) in [6, 6.07) is 7.93. The Morgan fingerprint density at radius 3 is 2.71 bits per heavy atom. The van der Waals surface area contributed by atoms with E-state index in [0.29, 0.717) is 16.9 Å². The van der Waals surface area contributed by atoms with Gasteiger partial charge in [0.15, 0.2) is 5.82 Å². The van der Waals surface area contributed by atoms with Crippen molar-refractivity contribution in [3.05, 3.63) is 64.1 Å². The van der Waals surface area contributed by atoms with Crippen molar-refractivity contribution in [2.75, 3.05) is 25.0 Å². The van der Waals surface area contributed by atoms with E-state index in [4.69, 9.17) is 11.6 Å². The van der Waals surface area contributed by atoms with Gasteiger partial charge in [-0.05, 0) is 62.2 Å². The Labute approximate surface area is 185 Å². The number of rotatable bonds is 2. The van der Waals surface area contributed by atoms with Crippen LogP contribution in [0.3, 0.4) is 0 Å². The lowest BCUT2D eigenvalue weighted by Crippen LogP contribution is -2.62. The fraction of sp³-hybridized carbons (Fsp3) is 0.435. The zero-order chi connectivity index (χ0) is 21.3. The first-order chi connectivity index (χ1) is 14.9. The first kappa shape index (κ1) is 19.2. The molecule has 0 unspecified atom stereocenters. The molecule has 6 nitrogen and oxygen atoms in total. The maximum atomic E-state index is 13.5. The van der Waals surface area contributed by atoms with Crippen LogP contribution in [0.5, 0.6) is 0 Å². The Balaban J connectivity index is 1.23. The van der Waals surface area contributed by atoms with E-state index in [1.54, 1.807) is 6.92 Å². The van der Waals surface area contributed by atoms with E-state index in [-0.39, 0.29) is 5.82 Å². The molecule has 1 aromatic carbocycles. The monoisotopic (exact) mass is 438 g/mol. The number of hydrogen-bond acceptors (Lipinski definition) is 5. The second-order valence-electron chi connectivity index (χ2n) is 9.51. The topological polar surface area (TPSA) is 50.1 Å². The SMILES string of the molecule is Cc1cc(N2CC3(CC(c4nnc5n4-c4ccc(Cl)cc4CN(C)C5)C3)C2)ncc1F. The van der Waals surface area contributed by atoms with Crippen molar-refractivity contribution in [3.63, 3.8) is 0 Å². The number of benzene rings is 1. The fourth-order valence-corrected chi connectivity index (χ4v) is 5.69. The van der Waals surface area contributed by atoms with E-state index in [9.17, 15) is 4.39 Å². The summed E-state index contributed by atoms with van der Waals surface area (Å²) in [6.45, 7) is 5.33. The van der Waals surface area contributed by atoms with Crippen molar-refractivity contribution in [2.24, 2.45) is 5.41 Å². The van der Waals surface area contributed by atoms with Gasteiger partial charge in [0.1, 0.15) is 17.5 Å². The van der Waals surface area contributed by atoms with Crippen LogP contribution in [0.1, 0.15) is 41.5 Å². The third-order valence-electron chi connectivity index (χ3n) is 7.02. The summed E-state index contributed by atoms with van der Waals surface area (Å²) in [5, 5.41) is 9.93. The van der Waals surface area contributed by atoms with Gasteiger partial charge in [-0.1, -0.05) is 11.6 Å². The van der Waals surface area contributed by atoms with Crippen molar-refractivity contribution in [2.45, 2.75) is 38.8 Å². The van der Waals surface area contributed by atoms with E-state index < -0.39 is 0 Å². The number of halogens is 2. The summed E-state index contributed by atoms with van der Waals surface area (Å²) >= 11 is 6.28. The number of aromatic nitrogens is 4. The molecule has 31 heavy (non-hydrogen) atoms. The summed E-state index contributed by atoms with van der Waals surface area (Å²) in [4.78, 5) is 8.77. The maximum absolute atomic E-state index is 13.5. The third-order valence-corrected chi connectivity index (χ3v) is 7.26. The molecule has 160 valence electrons. The van der Waals surface area contributed by atoms with Crippen molar-refractivity contribution >= 4 is 17.4 Å². The molecule has 0 bridgehead atoms. The van der Waals surface area contributed by atoms with Gasteiger partial charge in [-0.2, -0.15) is 0 Å². The fourth-order valence-electron chi connectivity index (χ4n) is 5.50. The van der Waals surface area contributed by atoms with Gasteiger partial charge in [0.05, 0.1) is 18.4 Å². The van der Waals surface area contributed by atoms with Crippen LogP contribution in [0.2, 0.25) is 5.02 Å². The van der Waals surface area contributed by atoms with Gasteiger partial charge in [0.25, 0.3) is 0 Å². The second kappa shape index (κ2) is 6.74. The van der Waals surface area contributed by atoms with Gasteiger partial charge in [-0.3, -0.25) is 9.47 Å². The molecular weight excluding hydrogens is 415 g/mol. The highest BCUT2D eigenvalue weighted by Gasteiger charge is 2.54.